The molecule has 0 atom stereocenters. The van der Waals surface area contributed by atoms with E-state index in [0.29, 0.717) is 18.4 Å². The molecule has 0 aliphatic rings. The molecule has 1 rings (SSSR count). The number of hydrogen-bond donors (Lipinski definition) is 0. The molecule has 0 radical (unpaired) electrons. The highest BCUT2D eigenvalue weighted by Gasteiger charge is 2.23. The molecular formula is C13H17BrN2O3. The van der Waals surface area contributed by atoms with Crippen molar-refractivity contribution in [2.45, 2.75) is 19.8 Å². The molecule has 0 fully saturated rings. The van der Waals surface area contributed by atoms with Crippen LogP contribution in [0.25, 0.3) is 0 Å². The Morgan fingerprint density at radius 1 is 1.37 bits per heavy atom. The van der Waals surface area contributed by atoms with E-state index in [-0.39, 0.29) is 17.2 Å². The highest BCUT2D eigenvalue weighted by atomic mass is 79.9. The molecule has 0 aliphatic carbocycles. The second-order valence-corrected chi connectivity index (χ2v) is 4.90. The van der Waals surface area contributed by atoms with Crippen molar-refractivity contribution in [2.24, 2.45) is 0 Å². The molecule has 0 saturated heterocycles. The summed E-state index contributed by atoms with van der Waals surface area (Å²) in [5.74, 6) is -0.278. The lowest BCUT2D eigenvalue weighted by Gasteiger charge is -2.21. The van der Waals surface area contributed by atoms with Gasteiger partial charge >= 0.3 is 0 Å². The van der Waals surface area contributed by atoms with E-state index < -0.39 is 4.92 Å². The Morgan fingerprint density at radius 2 is 2.05 bits per heavy atom. The Balaban J connectivity index is 2.98. The lowest BCUT2D eigenvalue weighted by Crippen LogP contribution is -2.34. The third-order valence-corrected chi connectivity index (χ3v) is 3.11. The van der Waals surface area contributed by atoms with Crippen LogP contribution in [0.2, 0.25) is 0 Å². The predicted octanol–water partition coefficient (Wildman–Crippen LogP) is 3.23. The van der Waals surface area contributed by atoms with Gasteiger partial charge in [-0.25, -0.2) is 0 Å². The van der Waals surface area contributed by atoms with Crippen LogP contribution in [0.1, 0.15) is 30.1 Å². The Labute approximate surface area is 120 Å². The van der Waals surface area contributed by atoms with Crippen LogP contribution in [-0.2, 0) is 0 Å². The highest BCUT2D eigenvalue weighted by Crippen LogP contribution is 2.19. The number of hydrogen-bond acceptors (Lipinski definition) is 3. The molecule has 0 aliphatic heterocycles. The SMILES string of the molecule is CCCCN(CCBr)C(=O)c1ccccc1[N+](=O)[O-]. The zero-order chi connectivity index (χ0) is 14.3. The molecule has 1 aromatic carbocycles. The van der Waals surface area contributed by atoms with Gasteiger partial charge in [0.1, 0.15) is 5.56 Å². The Kier molecular flexibility index (Phi) is 6.49. The summed E-state index contributed by atoms with van der Waals surface area (Å²) in [6.45, 7) is 3.21. The van der Waals surface area contributed by atoms with Crippen molar-refractivity contribution < 1.29 is 9.72 Å². The number of carbonyl (C=O) groups is 1. The van der Waals surface area contributed by atoms with Crippen molar-refractivity contribution >= 4 is 27.5 Å². The predicted molar refractivity (Wildman–Crippen MR) is 77.7 cm³/mol. The number of benzene rings is 1. The summed E-state index contributed by atoms with van der Waals surface area (Å²) in [7, 11) is 0. The first-order valence-corrected chi connectivity index (χ1v) is 7.32. The van der Waals surface area contributed by atoms with Crippen LogP contribution in [0.15, 0.2) is 24.3 Å². The first-order chi connectivity index (χ1) is 9.11. The summed E-state index contributed by atoms with van der Waals surface area (Å²) in [5, 5.41) is 11.6. The van der Waals surface area contributed by atoms with Gasteiger partial charge < -0.3 is 4.90 Å². The van der Waals surface area contributed by atoms with Crippen LogP contribution in [-0.4, -0.2) is 34.2 Å². The number of amides is 1. The minimum atomic E-state index is -0.515. The maximum atomic E-state index is 12.4. The van der Waals surface area contributed by atoms with Crippen LogP contribution in [0, 0.1) is 10.1 Å². The number of nitrogens with zero attached hydrogens (tertiary/aromatic N) is 2. The molecule has 1 amide bonds. The van der Waals surface area contributed by atoms with Crippen LogP contribution >= 0.6 is 15.9 Å². The van der Waals surface area contributed by atoms with Crippen molar-refractivity contribution in [3.8, 4) is 0 Å². The number of carbonyl (C=O) groups excluding carboxylic acids is 1. The van der Waals surface area contributed by atoms with Crippen molar-refractivity contribution in [3.63, 3.8) is 0 Å². The van der Waals surface area contributed by atoms with Gasteiger partial charge in [0, 0.05) is 24.5 Å². The third kappa shape index (κ3) is 4.31. The number of nitro groups is 1. The quantitative estimate of drug-likeness (QED) is 0.438. The van der Waals surface area contributed by atoms with E-state index in [0.717, 1.165) is 12.8 Å². The second kappa shape index (κ2) is 7.89. The summed E-state index contributed by atoms with van der Waals surface area (Å²) in [4.78, 5) is 24.5. The van der Waals surface area contributed by atoms with Crippen molar-refractivity contribution in [2.75, 3.05) is 18.4 Å². The van der Waals surface area contributed by atoms with Crippen LogP contribution < -0.4 is 0 Å². The van der Waals surface area contributed by atoms with E-state index in [1.54, 1.807) is 17.0 Å². The van der Waals surface area contributed by atoms with Gasteiger partial charge in [-0.2, -0.15) is 0 Å². The molecule has 6 heteroatoms. The van der Waals surface area contributed by atoms with Gasteiger partial charge in [-0.05, 0) is 12.5 Å². The van der Waals surface area contributed by atoms with Crippen LogP contribution in [0.4, 0.5) is 5.69 Å². The van der Waals surface area contributed by atoms with Crippen molar-refractivity contribution in [3.05, 3.63) is 39.9 Å². The van der Waals surface area contributed by atoms with Gasteiger partial charge in [-0.1, -0.05) is 41.4 Å². The van der Waals surface area contributed by atoms with Gasteiger partial charge in [0.2, 0.25) is 0 Å². The summed E-state index contributed by atoms with van der Waals surface area (Å²) in [6, 6.07) is 6.08. The fraction of sp³-hybridized carbons (Fsp3) is 0.462. The largest absolute Gasteiger partial charge is 0.338 e. The molecule has 0 saturated carbocycles. The lowest BCUT2D eigenvalue weighted by molar-refractivity contribution is -0.385. The number of alkyl halides is 1. The molecule has 19 heavy (non-hydrogen) atoms. The zero-order valence-corrected chi connectivity index (χ0v) is 12.4. The van der Waals surface area contributed by atoms with E-state index >= 15 is 0 Å². The lowest BCUT2D eigenvalue weighted by atomic mass is 10.1. The number of unbranched alkanes of at least 4 members (excludes halogenated alkanes) is 1. The van der Waals surface area contributed by atoms with Gasteiger partial charge in [0.15, 0.2) is 0 Å². The number of para-hydroxylation sites is 1. The Morgan fingerprint density at radius 3 is 2.63 bits per heavy atom. The van der Waals surface area contributed by atoms with Gasteiger partial charge in [0.25, 0.3) is 11.6 Å². The van der Waals surface area contributed by atoms with E-state index in [4.69, 9.17) is 0 Å². The minimum absolute atomic E-state index is 0.136. The molecule has 0 N–H and O–H groups in total. The number of nitro benzene ring substituents is 1. The summed E-state index contributed by atoms with van der Waals surface area (Å²) >= 11 is 3.30. The topological polar surface area (TPSA) is 63.5 Å². The van der Waals surface area contributed by atoms with Crippen molar-refractivity contribution in [1.29, 1.82) is 0 Å². The van der Waals surface area contributed by atoms with Gasteiger partial charge in [0.05, 0.1) is 4.92 Å². The van der Waals surface area contributed by atoms with Crippen LogP contribution in [0.3, 0.4) is 0 Å². The fourth-order valence-corrected chi connectivity index (χ4v) is 2.18. The first-order valence-electron chi connectivity index (χ1n) is 6.20. The zero-order valence-electron chi connectivity index (χ0n) is 10.8. The molecule has 0 aromatic heterocycles. The van der Waals surface area contributed by atoms with Crippen LogP contribution in [0.5, 0.6) is 0 Å². The van der Waals surface area contributed by atoms with Gasteiger partial charge in [-0.15, -0.1) is 0 Å². The maximum Gasteiger partial charge on any atom is 0.282 e. The average Bonchev–Trinajstić information content (AvgIpc) is 2.42. The summed E-state index contributed by atoms with van der Waals surface area (Å²) in [6.07, 6.45) is 1.86. The Hall–Kier alpha value is -1.43. The molecule has 0 heterocycles. The molecule has 5 nitrogen and oxygen atoms in total. The van der Waals surface area contributed by atoms with E-state index in [1.165, 1.54) is 12.1 Å². The van der Waals surface area contributed by atoms with E-state index in [2.05, 4.69) is 15.9 Å². The second-order valence-electron chi connectivity index (χ2n) is 4.11. The monoisotopic (exact) mass is 328 g/mol. The van der Waals surface area contributed by atoms with E-state index in [9.17, 15) is 14.9 Å². The minimum Gasteiger partial charge on any atom is -0.338 e. The third-order valence-electron chi connectivity index (χ3n) is 2.75. The van der Waals surface area contributed by atoms with E-state index in [1.807, 2.05) is 6.92 Å². The average molecular weight is 329 g/mol. The smallest absolute Gasteiger partial charge is 0.282 e. The Bertz CT molecular complexity index is 451. The molecule has 0 unspecified atom stereocenters. The summed E-state index contributed by atoms with van der Waals surface area (Å²) < 4.78 is 0. The van der Waals surface area contributed by atoms with Crippen molar-refractivity contribution in [1.82, 2.24) is 4.90 Å². The molecule has 1 aromatic rings. The number of halogens is 1. The molecule has 104 valence electrons. The first kappa shape index (κ1) is 15.6. The highest BCUT2D eigenvalue weighted by molar-refractivity contribution is 9.09. The summed E-state index contributed by atoms with van der Waals surface area (Å²) in [5.41, 5.74) is 0.0214. The molecule has 0 spiro atoms. The normalized spacial score (nSPS) is 10.2. The fourth-order valence-electron chi connectivity index (χ4n) is 1.75. The number of rotatable bonds is 7. The van der Waals surface area contributed by atoms with Gasteiger partial charge in [-0.3, -0.25) is 14.9 Å². The maximum absolute atomic E-state index is 12.4. The molecule has 0 bridgehead atoms. The molecular weight excluding hydrogens is 312 g/mol. The standard InChI is InChI=1S/C13H17BrN2O3/c1-2-3-9-15(10-8-14)13(17)11-6-4-5-7-12(11)16(18)19/h4-7H,2-3,8-10H2,1H3.